The summed E-state index contributed by atoms with van der Waals surface area (Å²) in [6.45, 7) is 2.24. The number of aryl methyl sites for hydroxylation is 1. The first-order valence-corrected chi connectivity index (χ1v) is 11.9. The summed E-state index contributed by atoms with van der Waals surface area (Å²) in [5.41, 5.74) is 3.13. The van der Waals surface area contributed by atoms with E-state index < -0.39 is 0 Å². The van der Waals surface area contributed by atoms with Crippen molar-refractivity contribution in [3.8, 4) is 11.5 Å². The summed E-state index contributed by atoms with van der Waals surface area (Å²) in [6.07, 6.45) is 0.144. The third-order valence-corrected chi connectivity index (χ3v) is 5.74. The largest absolute Gasteiger partial charge is 0.486 e. The van der Waals surface area contributed by atoms with Crippen molar-refractivity contribution in [2.75, 3.05) is 17.2 Å². The van der Waals surface area contributed by atoms with Gasteiger partial charge in [-0.1, -0.05) is 42.0 Å². The van der Waals surface area contributed by atoms with Crippen molar-refractivity contribution >= 4 is 34.5 Å². The zero-order valence-corrected chi connectivity index (χ0v) is 20.0. The number of ether oxygens (including phenoxy) is 2. The van der Waals surface area contributed by atoms with E-state index in [1.54, 1.807) is 36.4 Å². The number of carbonyl (C=O) groups excluding carboxylic acids is 2. The van der Waals surface area contributed by atoms with Crippen LogP contribution in [0, 0.1) is 6.92 Å². The van der Waals surface area contributed by atoms with Gasteiger partial charge in [-0.15, -0.1) is 11.3 Å². The van der Waals surface area contributed by atoms with Crippen molar-refractivity contribution in [1.29, 1.82) is 0 Å². The van der Waals surface area contributed by atoms with Crippen LogP contribution in [0.25, 0.3) is 0 Å². The molecule has 3 aromatic carbocycles. The van der Waals surface area contributed by atoms with E-state index in [-0.39, 0.29) is 24.8 Å². The molecule has 0 radical (unpaired) electrons. The molecule has 0 saturated heterocycles. The number of hydrogen-bond donors (Lipinski definition) is 2. The van der Waals surface area contributed by atoms with Crippen molar-refractivity contribution in [3.05, 3.63) is 101 Å². The molecule has 2 N–H and O–H groups in total. The van der Waals surface area contributed by atoms with E-state index in [1.807, 2.05) is 54.8 Å². The Balaban J connectivity index is 1.23. The molecule has 4 aromatic rings. The van der Waals surface area contributed by atoms with Gasteiger partial charge in [0.2, 0.25) is 5.91 Å². The molecule has 0 aliphatic carbocycles. The van der Waals surface area contributed by atoms with Gasteiger partial charge in [0.25, 0.3) is 5.91 Å². The van der Waals surface area contributed by atoms with Crippen LogP contribution in [-0.4, -0.2) is 23.4 Å². The summed E-state index contributed by atoms with van der Waals surface area (Å²) < 4.78 is 11.3. The Morgan fingerprint density at radius 3 is 2.37 bits per heavy atom. The molecule has 0 spiro atoms. The number of amides is 2. The average Bonchev–Trinajstić information content (AvgIpc) is 3.30. The minimum atomic E-state index is -0.267. The Morgan fingerprint density at radius 1 is 0.829 bits per heavy atom. The predicted molar refractivity (Wildman–Crippen MR) is 137 cm³/mol. The molecular formula is C27H25N3O4S. The maximum Gasteiger partial charge on any atom is 0.262 e. The molecule has 0 aliphatic heterocycles. The Labute approximate surface area is 207 Å². The van der Waals surface area contributed by atoms with E-state index in [9.17, 15) is 9.59 Å². The molecule has 178 valence electrons. The first-order valence-electron chi connectivity index (χ1n) is 11.0. The number of hydrogen-bond acceptors (Lipinski definition) is 6. The number of rotatable bonds is 10. The number of thiazole rings is 1. The fourth-order valence-electron chi connectivity index (χ4n) is 3.18. The molecule has 0 fully saturated rings. The minimum Gasteiger partial charge on any atom is -0.486 e. The lowest BCUT2D eigenvalue weighted by Crippen LogP contribution is -2.20. The van der Waals surface area contributed by atoms with Crippen LogP contribution >= 0.6 is 11.3 Å². The van der Waals surface area contributed by atoms with Gasteiger partial charge in [0.15, 0.2) is 6.61 Å². The second-order valence-corrected chi connectivity index (χ2v) is 8.73. The normalized spacial score (nSPS) is 10.4. The van der Waals surface area contributed by atoms with Gasteiger partial charge in [-0.3, -0.25) is 9.59 Å². The van der Waals surface area contributed by atoms with Crippen molar-refractivity contribution in [1.82, 2.24) is 4.98 Å². The summed E-state index contributed by atoms with van der Waals surface area (Å²) in [7, 11) is 0. The summed E-state index contributed by atoms with van der Waals surface area (Å²) in [5, 5.41) is 8.27. The molecule has 1 heterocycles. The van der Waals surface area contributed by atoms with Crippen molar-refractivity contribution in [3.63, 3.8) is 0 Å². The summed E-state index contributed by atoms with van der Waals surface area (Å²) in [4.78, 5) is 29.1. The third-order valence-electron chi connectivity index (χ3n) is 4.87. The standard InChI is InChI=1S/C27H25N3O4S/c1-19-10-12-23(13-11-19)34-17-27-30-22(18-35-27)15-25(31)29-21-8-5-9-24(14-21)33-16-26(32)28-20-6-3-2-4-7-20/h2-14,18H,15-17H2,1H3,(H,28,32)(H,29,31). The van der Waals surface area contributed by atoms with E-state index in [4.69, 9.17) is 9.47 Å². The number of benzene rings is 3. The van der Waals surface area contributed by atoms with Crippen molar-refractivity contribution < 1.29 is 19.1 Å². The minimum absolute atomic E-state index is 0.140. The fourth-order valence-corrected chi connectivity index (χ4v) is 3.88. The second-order valence-electron chi connectivity index (χ2n) is 7.79. The SMILES string of the molecule is Cc1ccc(OCc2nc(CC(=O)Nc3cccc(OCC(=O)Nc4ccccc4)c3)cs2)cc1. The average molecular weight is 488 g/mol. The van der Waals surface area contributed by atoms with Crippen LogP contribution in [0.1, 0.15) is 16.3 Å². The van der Waals surface area contributed by atoms with Gasteiger partial charge in [0.05, 0.1) is 12.1 Å². The van der Waals surface area contributed by atoms with Crippen LogP contribution in [0.2, 0.25) is 0 Å². The predicted octanol–water partition coefficient (Wildman–Crippen LogP) is 5.23. The number of carbonyl (C=O) groups is 2. The van der Waals surface area contributed by atoms with E-state index in [0.717, 1.165) is 10.8 Å². The molecule has 0 bridgehead atoms. The van der Waals surface area contributed by atoms with Crippen molar-refractivity contribution in [2.45, 2.75) is 20.0 Å². The maximum atomic E-state index is 12.5. The number of nitrogens with zero attached hydrogens (tertiary/aromatic N) is 1. The van der Waals surface area contributed by atoms with Gasteiger partial charge in [-0.2, -0.15) is 0 Å². The van der Waals surface area contributed by atoms with E-state index in [2.05, 4.69) is 15.6 Å². The van der Waals surface area contributed by atoms with Gasteiger partial charge >= 0.3 is 0 Å². The number of aromatic nitrogens is 1. The Hall–Kier alpha value is -4.17. The van der Waals surface area contributed by atoms with Crippen LogP contribution in [0.5, 0.6) is 11.5 Å². The number of anilines is 2. The highest BCUT2D eigenvalue weighted by Crippen LogP contribution is 2.19. The monoisotopic (exact) mass is 487 g/mol. The summed E-state index contributed by atoms with van der Waals surface area (Å²) >= 11 is 1.46. The lowest BCUT2D eigenvalue weighted by atomic mass is 10.2. The molecule has 8 heteroatoms. The second kappa shape index (κ2) is 11.8. The Morgan fingerprint density at radius 2 is 1.57 bits per heavy atom. The van der Waals surface area contributed by atoms with Crippen LogP contribution in [0.4, 0.5) is 11.4 Å². The van der Waals surface area contributed by atoms with Gasteiger partial charge in [0, 0.05) is 22.8 Å². The van der Waals surface area contributed by atoms with Crippen molar-refractivity contribution in [2.24, 2.45) is 0 Å². The van der Waals surface area contributed by atoms with E-state index >= 15 is 0 Å². The fraction of sp³-hybridized carbons (Fsp3) is 0.148. The van der Waals surface area contributed by atoms with Crippen LogP contribution in [0.3, 0.4) is 0 Å². The molecule has 0 aliphatic rings. The molecule has 35 heavy (non-hydrogen) atoms. The van der Waals surface area contributed by atoms with Gasteiger partial charge < -0.3 is 20.1 Å². The highest BCUT2D eigenvalue weighted by Gasteiger charge is 2.10. The lowest BCUT2D eigenvalue weighted by Gasteiger charge is -2.09. The highest BCUT2D eigenvalue weighted by molar-refractivity contribution is 7.09. The molecule has 0 saturated carbocycles. The first kappa shape index (κ1) is 24.0. The Kier molecular flexibility index (Phi) is 8.08. The zero-order chi connectivity index (χ0) is 24.5. The summed E-state index contributed by atoms with van der Waals surface area (Å²) in [6, 6.07) is 23.9. The zero-order valence-electron chi connectivity index (χ0n) is 19.2. The molecule has 2 amide bonds. The van der Waals surface area contributed by atoms with Gasteiger partial charge in [-0.05, 0) is 43.3 Å². The van der Waals surface area contributed by atoms with E-state index in [0.29, 0.717) is 29.4 Å². The van der Waals surface area contributed by atoms with Crippen LogP contribution in [-0.2, 0) is 22.6 Å². The summed E-state index contributed by atoms with van der Waals surface area (Å²) in [5.74, 6) is 0.802. The highest BCUT2D eigenvalue weighted by atomic mass is 32.1. The molecule has 1 aromatic heterocycles. The third kappa shape index (κ3) is 7.68. The smallest absolute Gasteiger partial charge is 0.262 e. The van der Waals surface area contributed by atoms with Crippen LogP contribution in [0.15, 0.2) is 84.2 Å². The molecular weight excluding hydrogens is 462 g/mol. The molecule has 0 atom stereocenters. The first-order chi connectivity index (χ1) is 17.0. The number of para-hydroxylation sites is 1. The quantitative estimate of drug-likeness (QED) is 0.320. The molecule has 7 nitrogen and oxygen atoms in total. The van der Waals surface area contributed by atoms with E-state index in [1.165, 1.54) is 16.9 Å². The molecule has 4 rings (SSSR count). The lowest BCUT2D eigenvalue weighted by molar-refractivity contribution is -0.118. The molecule has 0 unspecified atom stereocenters. The maximum absolute atomic E-state index is 12.5. The number of nitrogens with one attached hydrogen (secondary N) is 2. The Bertz CT molecular complexity index is 1270. The van der Waals surface area contributed by atoms with Gasteiger partial charge in [0.1, 0.15) is 23.1 Å². The topological polar surface area (TPSA) is 89.6 Å². The van der Waals surface area contributed by atoms with Crippen LogP contribution < -0.4 is 20.1 Å². The van der Waals surface area contributed by atoms with Gasteiger partial charge in [-0.25, -0.2) is 4.98 Å².